The van der Waals surface area contributed by atoms with Crippen molar-refractivity contribution in [2.24, 2.45) is 0 Å². The lowest BCUT2D eigenvalue weighted by atomic mass is 10.1. The molecule has 2 unspecified atom stereocenters. The van der Waals surface area contributed by atoms with Gasteiger partial charge in [-0.15, -0.1) is 0 Å². The Balaban J connectivity index is 1.34. The Morgan fingerprint density at radius 1 is 0.944 bits per heavy atom. The largest absolute Gasteiger partial charge is 0.756 e. The summed E-state index contributed by atoms with van der Waals surface area (Å²) in [4.78, 5) is 45.7. The van der Waals surface area contributed by atoms with Crippen LogP contribution in [0.25, 0.3) is 11.2 Å². The third kappa shape index (κ3) is 5.59. The fourth-order valence-corrected chi connectivity index (χ4v) is 5.53. The molecule has 2 saturated heterocycles. The summed E-state index contributed by atoms with van der Waals surface area (Å²) in [5, 5.41) is 48.8. The number of aromatic amines is 1. The maximum Gasteiger partial charge on any atom is 0.278 e. The Kier molecular flexibility index (Phi) is 7.78. The molecule has 2 aromatic heterocycles. The van der Waals surface area contributed by atoms with Crippen molar-refractivity contribution in [2.45, 2.75) is 49.1 Å². The number of imidazole rings is 1. The van der Waals surface area contributed by atoms with Crippen molar-refractivity contribution in [2.75, 3.05) is 13.2 Å². The topological polar surface area (TPSA) is 291 Å². The molecule has 4 heterocycles. The molecule has 6 N–H and O–H groups in total. The molecule has 2 aliphatic heterocycles. The Morgan fingerprint density at radius 2 is 1.53 bits per heavy atom. The van der Waals surface area contributed by atoms with E-state index in [0.29, 0.717) is 0 Å². The molecule has 10 atom stereocenters. The summed E-state index contributed by atoms with van der Waals surface area (Å²) in [6.07, 6.45) is -10.9. The summed E-state index contributed by atoms with van der Waals surface area (Å²) in [7, 11) is -11.3. The average molecular weight is 558 g/mol. The van der Waals surface area contributed by atoms with Gasteiger partial charge in [0.15, 0.2) is 23.7 Å². The highest BCUT2D eigenvalue weighted by Crippen LogP contribution is 2.56. The van der Waals surface area contributed by atoms with Crippen LogP contribution >= 0.6 is 15.6 Å². The van der Waals surface area contributed by atoms with Gasteiger partial charge in [0.2, 0.25) is 0 Å². The Hall–Kier alpha value is -1.67. The van der Waals surface area contributed by atoms with Gasteiger partial charge in [-0.1, -0.05) is 0 Å². The molecule has 0 aromatic carbocycles. The molecule has 0 aliphatic carbocycles. The van der Waals surface area contributed by atoms with Gasteiger partial charge in [0.05, 0.1) is 25.9 Å². The molecule has 0 saturated carbocycles. The number of aliphatic hydroxyl groups is 5. The Labute approximate surface area is 199 Å². The summed E-state index contributed by atoms with van der Waals surface area (Å²) < 4.78 is 47.7. The maximum absolute atomic E-state index is 12.0. The van der Waals surface area contributed by atoms with Gasteiger partial charge in [-0.3, -0.25) is 18.5 Å². The second-order valence-corrected chi connectivity index (χ2v) is 10.7. The lowest BCUT2D eigenvalue weighted by Crippen LogP contribution is -2.34. The van der Waals surface area contributed by atoms with E-state index in [1.807, 2.05) is 0 Å². The van der Waals surface area contributed by atoms with Crippen LogP contribution in [0.3, 0.4) is 0 Å². The first-order valence-electron chi connectivity index (χ1n) is 10.0. The standard InChI is InChI=1S/C15H22N4O15P2/c20-8-5(32-14(10(8)22)19-4-18-7-12(19)16-3-17-13(7)24)1-30-35(26,27)34-36(28,29)31-2-6-9(21)11(23)15(25)33-6/h3-6,8-11,14-15,20-23,25H,1-2H2,(H,26,27)(H,28,29)(H,16,17,24)/p-2/t5-,6-,8-,9-,10-,11-,14-,15-/m1/s1. The molecule has 2 aromatic rings. The van der Waals surface area contributed by atoms with E-state index in [1.54, 1.807) is 0 Å². The molecule has 0 bridgehead atoms. The van der Waals surface area contributed by atoms with Gasteiger partial charge in [0.25, 0.3) is 21.2 Å². The number of aliphatic hydroxyl groups excluding tert-OH is 5. The summed E-state index contributed by atoms with van der Waals surface area (Å²) in [6.45, 7) is -2.01. The fraction of sp³-hybridized carbons (Fsp3) is 0.667. The third-order valence-corrected chi connectivity index (χ3v) is 7.84. The summed E-state index contributed by atoms with van der Waals surface area (Å²) in [6, 6.07) is 0. The highest BCUT2D eigenvalue weighted by molar-refractivity contribution is 7.59. The van der Waals surface area contributed by atoms with Crippen molar-refractivity contribution in [3.63, 3.8) is 0 Å². The number of nitrogens with zero attached hydrogens (tertiary/aromatic N) is 3. The zero-order chi connectivity index (χ0) is 26.4. The van der Waals surface area contributed by atoms with Crippen LogP contribution in [0.1, 0.15) is 6.23 Å². The van der Waals surface area contributed by atoms with E-state index in [9.17, 15) is 49.2 Å². The number of phosphoric ester groups is 2. The zero-order valence-electron chi connectivity index (χ0n) is 17.7. The minimum atomic E-state index is -5.64. The van der Waals surface area contributed by atoms with Crippen LogP contribution in [0, 0.1) is 0 Å². The molecule has 4 rings (SSSR count). The molecule has 2 fully saturated rings. The van der Waals surface area contributed by atoms with E-state index in [1.165, 1.54) is 0 Å². The molecule has 2 aliphatic rings. The fourth-order valence-electron chi connectivity index (χ4n) is 3.51. The summed E-state index contributed by atoms with van der Waals surface area (Å²) in [5.74, 6) is 0. The first-order valence-corrected chi connectivity index (χ1v) is 13.0. The van der Waals surface area contributed by atoms with E-state index in [-0.39, 0.29) is 11.2 Å². The van der Waals surface area contributed by atoms with Gasteiger partial charge >= 0.3 is 0 Å². The van der Waals surface area contributed by atoms with Crippen molar-refractivity contribution >= 4 is 26.8 Å². The number of hydrogen-bond acceptors (Lipinski definition) is 17. The maximum atomic E-state index is 12.0. The molecule has 0 radical (unpaired) electrons. The smallest absolute Gasteiger partial charge is 0.278 e. The van der Waals surface area contributed by atoms with E-state index < -0.39 is 83.6 Å². The number of ether oxygens (including phenoxy) is 2. The van der Waals surface area contributed by atoms with Gasteiger partial charge < -0.3 is 58.8 Å². The number of rotatable bonds is 9. The van der Waals surface area contributed by atoms with E-state index >= 15 is 0 Å². The molecule has 36 heavy (non-hydrogen) atoms. The quantitative estimate of drug-likeness (QED) is 0.157. The average Bonchev–Trinajstić information content (AvgIpc) is 3.42. The SMILES string of the molecule is O=c1[nH]cnc2c1ncn2[C@@H]1O[C@H](COP(=O)([O-])OP(=O)([O-])OC[C@H]2O[C@@H](O)[C@H](O)[C@@H]2O)[C@@H](O)[C@H]1O. The summed E-state index contributed by atoms with van der Waals surface area (Å²) in [5.41, 5.74) is -0.678. The number of nitrogens with one attached hydrogen (secondary N) is 1. The van der Waals surface area contributed by atoms with Crippen molar-refractivity contribution in [3.05, 3.63) is 23.0 Å². The molecule has 21 heteroatoms. The number of phosphoric acid groups is 2. The number of hydrogen-bond donors (Lipinski definition) is 6. The predicted octanol–water partition coefficient (Wildman–Crippen LogP) is -4.84. The molecule has 19 nitrogen and oxygen atoms in total. The van der Waals surface area contributed by atoms with Crippen molar-refractivity contribution in [1.82, 2.24) is 19.5 Å². The summed E-state index contributed by atoms with van der Waals surface area (Å²) >= 11 is 0. The molecule has 0 spiro atoms. The predicted molar refractivity (Wildman–Crippen MR) is 105 cm³/mol. The normalized spacial score (nSPS) is 36.2. The van der Waals surface area contributed by atoms with Crippen LogP contribution in [0.4, 0.5) is 0 Å². The number of aromatic nitrogens is 4. The number of fused-ring (bicyclic) bond motifs is 1. The second-order valence-electron chi connectivity index (χ2n) is 7.72. The van der Waals surface area contributed by atoms with Crippen LogP contribution in [0.5, 0.6) is 0 Å². The zero-order valence-corrected chi connectivity index (χ0v) is 19.5. The van der Waals surface area contributed by atoms with Crippen LogP contribution in [0.15, 0.2) is 17.4 Å². The van der Waals surface area contributed by atoms with Gasteiger partial charge in [-0.2, -0.15) is 0 Å². The van der Waals surface area contributed by atoms with Gasteiger partial charge in [0, 0.05) is 0 Å². The highest BCUT2D eigenvalue weighted by Gasteiger charge is 2.45. The Bertz CT molecular complexity index is 1240. The molecule has 0 amide bonds. The van der Waals surface area contributed by atoms with Crippen LogP contribution in [-0.2, 0) is 32.0 Å². The molecule has 202 valence electrons. The van der Waals surface area contributed by atoms with Crippen LogP contribution < -0.4 is 15.3 Å². The van der Waals surface area contributed by atoms with Crippen molar-refractivity contribution < 1.29 is 67.3 Å². The van der Waals surface area contributed by atoms with Gasteiger partial charge in [0.1, 0.15) is 36.6 Å². The number of H-pyrrole nitrogens is 1. The minimum absolute atomic E-state index is 0.00441. The molecular weight excluding hydrogens is 538 g/mol. The molecular formula is C15H20N4O15P2-2. The second kappa shape index (κ2) is 10.2. The minimum Gasteiger partial charge on any atom is -0.756 e. The first-order chi connectivity index (χ1) is 16.8. The third-order valence-electron chi connectivity index (χ3n) is 5.31. The van der Waals surface area contributed by atoms with Crippen LogP contribution in [-0.4, -0.2) is 101 Å². The van der Waals surface area contributed by atoms with Crippen molar-refractivity contribution in [3.8, 4) is 0 Å². The van der Waals surface area contributed by atoms with E-state index in [4.69, 9.17) is 4.74 Å². The van der Waals surface area contributed by atoms with E-state index in [0.717, 1.165) is 17.2 Å². The van der Waals surface area contributed by atoms with Gasteiger partial charge in [-0.05, 0) is 0 Å². The van der Waals surface area contributed by atoms with Crippen molar-refractivity contribution in [1.29, 1.82) is 0 Å². The lowest BCUT2D eigenvalue weighted by Gasteiger charge is -2.31. The van der Waals surface area contributed by atoms with E-state index in [2.05, 4.69) is 33.0 Å². The monoisotopic (exact) mass is 558 g/mol. The Morgan fingerprint density at radius 3 is 2.11 bits per heavy atom. The first kappa shape index (κ1) is 27.4. The highest BCUT2D eigenvalue weighted by atomic mass is 31.3. The van der Waals surface area contributed by atoms with Gasteiger partial charge in [-0.25, -0.2) is 14.3 Å². The van der Waals surface area contributed by atoms with Crippen LogP contribution in [0.2, 0.25) is 0 Å². The lowest BCUT2D eigenvalue weighted by molar-refractivity contribution is -0.247.